The van der Waals surface area contributed by atoms with Gasteiger partial charge in [0.25, 0.3) is 10.0 Å². The van der Waals surface area contributed by atoms with Gasteiger partial charge in [0.1, 0.15) is 12.6 Å². The fraction of sp³-hybridized carbons (Fsp3) is 0.333. The van der Waals surface area contributed by atoms with Crippen molar-refractivity contribution in [1.82, 2.24) is 10.2 Å². The molecule has 2 atom stereocenters. The van der Waals surface area contributed by atoms with Crippen LogP contribution in [0.15, 0.2) is 65.6 Å². The number of carbonyl (C=O) groups is 2. The van der Waals surface area contributed by atoms with Crippen molar-refractivity contribution in [2.24, 2.45) is 0 Å². The summed E-state index contributed by atoms with van der Waals surface area (Å²) in [7, 11) is -4.20. The molecule has 0 saturated carbocycles. The van der Waals surface area contributed by atoms with Crippen LogP contribution in [0.2, 0.25) is 15.1 Å². The normalized spacial score (nSPS) is 12.9. The molecule has 0 aliphatic carbocycles. The van der Waals surface area contributed by atoms with Gasteiger partial charge in [0.05, 0.1) is 10.6 Å². The first-order chi connectivity index (χ1) is 19.2. The minimum absolute atomic E-state index is 0.0162. The van der Waals surface area contributed by atoms with Crippen molar-refractivity contribution >= 4 is 62.3 Å². The Morgan fingerprint density at radius 3 is 2.15 bits per heavy atom. The molecule has 0 bridgehead atoms. The third-order valence-corrected chi connectivity index (χ3v) is 9.64. The van der Waals surface area contributed by atoms with Crippen LogP contribution in [0.4, 0.5) is 5.69 Å². The molecule has 0 aromatic heterocycles. The average Bonchev–Trinajstić information content (AvgIpc) is 2.92. The fourth-order valence-corrected chi connectivity index (χ4v) is 6.03. The fourth-order valence-electron chi connectivity index (χ4n) is 3.98. The molecule has 2 amide bonds. The maximum atomic E-state index is 14.0. The molecule has 0 fully saturated rings. The number of hydrogen-bond acceptors (Lipinski definition) is 4. The van der Waals surface area contributed by atoms with Crippen molar-refractivity contribution < 1.29 is 18.0 Å². The number of carbonyl (C=O) groups excluding carboxylic acids is 2. The number of benzene rings is 3. The van der Waals surface area contributed by atoms with Gasteiger partial charge < -0.3 is 10.2 Å². The molecular formula is C30H34Cl3N3O4S. The number of rotatable bonds is 11. The predicted molar refractivity (Wildman–Crippen MR) is 166 cm³/mol. The van der Waals surface area contributed by atoms with E-state index in [2.05, 4.69) is 5.32 Å². The lowest BCUT2D eigenvalue weighted by Crippen LogP contribution is -2.52. The molecule has 0 aliphatic heterocycles. The Morgan fingerprint density at radius 2 is 1.56 bits per heavy atom. The summed E-state index contributed by atoms with van der Waals surface area (Å²) >= 11 is 18.9. The lowest BCUT2D eigenvalue weighted by molar-refractivity contribution is -0.139. The molecule has 0 radical (unpaired) electrons. The zero-order valence-electron chi connectivity index (χ0n) is 23.6. The van der Waals surface area contributed by atoms with Crippen LogP contribution in [0.1, 0.15) is 43.9 Å². The number of sulfonamides is 1. The van der Waals surface area contributed by atoms with Crippen LogP contribution in [0.25, 0.3) is 0 Å². The lowest BCUT2D eigenvalue weighted by Gasteiger charge is -2.32. The summed E-state index contributed by atoms with van der Waals surface area (Å²) in [5.74, 6) is -0.973. The number of aryl methyl sites for hydroxylation is 2. The van der Waals surface area contributed by atoms with Gasteiger partial charge in [0, 0.05) is 27.7 Å². The van der Waals surface area contributed by atoms with Gasteiger partial charge in [-0.3, -0.25) is 13.9 Å². The topological polar surface area (TPSA) is 86.8 Å². The lowest BCUT2D eigenvalue weighted by atomic mass is 10.1. The first kappa shape index (κ1) is 32.7. The largest absolute Gasteiger partial charge is 0.352 e. The van der Waals surface area contributed by atoms with Crippen LogP contribution in [-0.4, -0.2) is 43.8 Å². The van der Waals surface area contributed by atoms with Crippen molar-refractivity contribution in [2.75, 3.05) is 10.8 Å². The number of amides is 2. The third-order valence-electron chi connectivity index (χ3n) is 6.86. The highest BCUT2D eigenvalue weighted by Gasteiger charge is 2.33. The summed E-state index contributed by atoms with van der Waals surface area (Å²) in [6.45, 7) is 8.42. The average molecular weight is 639 g/mol. The van der Waals surface area contributed by atoms with Crippen LogP contribution < -0.4 is 9.62 Å². The number of nitrogens with zero attached hydrogens (tertiary/aromatic N) is 2. The van der Waals surface area contributed by atoms with Gasteiger partial charge in [-0.2, -0.15) is 0 Å². The Labute approximate surface area is 257 Å². The zero-order valence-corrected chi connectivity index (χ0v) is 26.7. The van der Waals surface area contributed by atoms with Gasteiger partial charge in [-0.05, 0) is 81.6 Å². The number of halogens is 3. The van der Waals surface area contributed by atoms with E-state index in [1.54, 1.807) is 56.3 Å². The van der Waals surface area contributed by atoms with Gasteiger partial charge in [0.15, 0.2) is 0 Å². The Morgan fingerprint density at radius 1 is 0.902 bits per heavy atom. The summed E-state index contributed by atoms with van der Waals surface area (Å²) in [4.78, 5) is 28.5. The molecule has 1 N–H and O–H groups in total. The maximum absolute atomic E-state index is 14.0. The Balaban J connectivity index is 2.07. The molecule has 41 heavy (non-hydrogen) atoms. The van der Waals surface area contributed by atoms with Crippen LogP contribution in [0, 0.1) is 13.8 Å². The summed E-state index contributed by atoms with van der Waals surface area (Å²) in [5, 5.41) is 3.99. The van der Waals surface area contributed by atoms with E-state index in [-0.39, 0.29) is 29.1 Å². The van der Waals surface area contributed by atoms with Crippen molar-refractivity contribution in [3.63, 3.8) is 0 Å². The highest BCUT2D eigenvalue weighted by Crippen LogP contribution is 2.29. The molecule has 0 saturated heterocycles. The van der Waals surface area contributed by atoms with Gasteiger partial charge in [-0.15, -0.1) is 0 Å². The smallest absolute Gasteiger partial charge is 0.264 e. The van der Waals surface area contributed by atoms with Crippen LogP contribution in [-0.2, 0) is 26.2 Å². The summed E-state index contributed by atoms with van der Waals surface area (Å²) in [6, 6.07) is 15.0. The predicted octanol–water partition coefficient (Wildman–Crippen LogP) is 6.79. The van der Waals surface area contributed by atoms with E-state index in [1.165, 1.54) is 23.1 Å². The van der Waals surface area contributed by atoms with Crippen molar-refractivity contribution in [2.45, 2.75) is 64.6 Å². The Bertz CT molecular complexity index is 1510. The van der Waals surface area contributed by atoms with Crippen LogP contribution in [0.5, 0.6) is 0 Å². The van der Waals surface area contributed by atoms with Crippen LogP contribution in [0.3, 0.4) is 0 Å². The Kier molecular flexibility index (Phi) is 11.1. The summed E-state index contributed by atoms with van der Waals surface area (Å²) in [6.07, 6.45) is 0.701. The molecule has 2 unspecified atom stereocenters. The monoisotopic (exact) mass is 637 g/mol. The van der Waals surface area contributed by atoms with E-state index in [1.807, 2.05) is 20.8 Å². The SMILES string of the molecule is CCC(C)NC(=O)C(C)N(Cc1ccc(Cl)cc1Cl)C(=O)CN(c1ccc(C)c(Cl)c1)S(=O)(=O)c1ccc(C)cc1. The maximum Gasteiger partial charge on any atom is 0.264 e. The first-order valence-corrected chi connectivity index (χ1v) is 15.7. The quantitative estimate of drug-likeness (QED) is 0.251. The van der Waals surface area contributed by atoms with E-state index >= 15 is 0 Å². The first-order valence-electron chi connectivity index (χ1n) is 13.1. The number of anilines is 1. The van der Waals surface area contributed by atoms with E-state index in [0.717, 1.165) is 15.4 Å². The van der Waals surface area contributed by atoms with Gasteiger partial charge in [0.2, 0.25) is 11.8 Å². The molecule has 11 heteroatoms. The van der Waals surface area contributed by atoms with Crippen molar-refractivity contribution in [3.05, 3.63) is 92.4 Å². The molecule has 3 aromatic rings. The number of nitrogens with one attached hydrogen (secondary N) is 1. The molecule has 3 aromatic carbocycles. The highest BCUT2D eigenvalue weighted by molar-refractivity contribution is 7.92. The molecule has 220 valence electrons. The van der Waals surface area contributed by atoms with Gasteiger partial charge in [-0.1, -0.05) is 71.6 Å². The zero-order chi connectivity index (χ0) is 30.5. The highest BCUT2D eigenvalue weighted by atomic mass is 35.5. The third kappa shape index (κ3) is 8.16. The summed E-state index contributed by atoms with van der Waals surface area (Å²) < 4.78 is 28.9. The standard InChI is InChI=1S/C30H34Cl3N3O4S/c1-6-21(4)34-30(38)22(5)35(17-23-10-11-24(31)15-28(23)33)29(37)18-36(25-12-9-20(3)27(32)16-25)41(39,40)26-13-7-19(2)8-14-26/h7-16,21-22H,6,17-18H2,1-5H3,(H,34,38). The van der Waals surface area contributed by atoms with Crippen molar-refractivity contribution in [1.29, 1.82) is 0 Å². The second-order valence-electron chi connectivity index (χ2n) is 10.0. The minimum atomic E-state index is -4.20. The van der Waals surface area contributed by atoms with E-state index < -0.39 is 28.5 Å². The van der Waals surface area contributed by atoms with Gasteiger partial charge in [-0.25, -0.2) is 8.42 Å². The minimum Gasteiger partial charge on any atom is -0.352 e. The Hall–Kier alpha value is -2.78. The van der Waals surface area contributed by atoms with Crippen LogP contribution >= 0.6 is 34.8 Å². The molecular weight excluding hydrogens is 605 g/mol. The second-order valence-corrected chi connectivity index (χ2v) is 13.1. The van der Waals surface area contributed by atoms with E-state index in [9.17, 15) is 18.0 Å². The van der Waals surface area contributed by atoms with Crippen molar-refractivity contribution in [3.8, 4) is 0 Å². The van der Waals surface area contributed by atoms with E-state index in [4.69, 9.17) is 34.8 Å². The second kappa shape index (κ2) is 13.9. The molecule has 0 heterocycles. The molecule has 0 aliphatic rings. The van der Waals surface area contributed by atoms with Gasteiger partial charge >= 0.3 is 0 Å². The molecule has 0 spiro atoms. The van der Waals surface area contributed by atoms with E-state index in [0.29, 0.717) is 27.1 Å². The molecule has 7 nitrogen and oxygen atoms in total. The summed E-state index contributed by atoms with van der Waals surface area (Å²) in [5.41, 5.74) is 2.41. The number of hydrogen-bond donors (Lipinski definition) is 1. The molecule has 3 rings (SSSR count).